The molecule has 23 heavy (non-hydrogen) atoms. The van der Waals surface area contributed by atoms with Gasteiger partial charge in [-0.05, 0) is 48.2 Å². The second kappa shape index (κ2) is 6.69. The van der Waals surface area contributed by atoms with Gasteiger partial charge in [0.25, 0.3) is 0 Å². The van der Waals surface area contributed by atoms with Crippen molar-refractivity contribution >= 4 is 5.96 Å². The topological polar surface area (TPSA) is 61.9 Å². The van der Waals surface area contributed by atoms with Crippen LogP contribution >= 0.6 is 0 Å². The summed E-state index contributed by atoms with van der Waals surface area (Å²) in [6, 6.07) is 14.0. The molecule has 2 aromatic rings. The number of phenolic OH excluding ortho intramolecular Hbond substituents is 1. The van der Waals surface area contributed by atoms with E-state index in [0.29, 0.717) is 19.0 Å². The van der Waals surface area contributed by atoms with Gasteiger partial charge in [-0.1, -0.05) is 24.3 Å². The molecule has 0 aromatic heterocycles. The zero-order valence-corrected chi connectivity index (χ0v) is 12.8. The van der Waals surface area contributed by atoms with E-state index in [1.165, 1.54) is 6.07 Å². The van der Waals surface area contributed by atoms with Gasteiger partial charge >= 0.3 is 0 Å². The van der Waals surface area contributed by atoms with Crippen molar-refractivity contribution in [3.05, 3.63) is 65.5 Å². The van der Waals surface area contributed by atoms with Gasteiger partial charge in [0.1, 0.15) is 11.6 Å². The summed E-state index contributed by atoms with van der Waals surface area (Å²) in [4.78, 5) is 6.42. The van der Waals surface area contributed by atoms with Crippen LogP contribution in [-0.2, 0) is 12.8 Å². The van der Waals surface area contributed by atoms with Gasteiger partial charge in [-0.2, -0.15) is 0 Å². The number of nitrogens with two attached hydrogens (primary N) is 1. The molecule has 0 saturated heterocycles. The maximum absolute atomic E-state index is 13.3. The summed E-state index contributed by atoms with van der Waals surface area (Å²) >= 11 is 0. The monoisotopic (exact) mass is 313 g/mol. The van der Waals surface area contributed by atoms with E-state index in [4.69, 9.17) is 5.73 Å². The molecule has 0 bridgehead atoms. The van der Waals surface area contributed by atoms with Crippen LogP contribution in [0.4, 0.5) is 4.39 Å². The fraction of sp³-hybridized carbons (Fsp3) is 0.278. The van der Waals surface area contributed by atoms with Crippen molar-refractivity contribution in [2.45, 2.75) is 18.9 Å². The Morgan fingerprint density at radius 1 is 1.17 bits per heavy atom. The molecule has 3 rings (SSSR count). The lowest BCUT2D eigenvalue weighted by molar-refractivity contribution is 0.341. The largest absolute Gasteiger partial charge is 0.508 e. The Labute approximate surface area is 135 Å². The molecule has 3 N–H and O–H groups in total. The lowest BCUT2D eigenvalue weighted by Crippen LogP contribution is -2.43. The Hall–Kier alpha value is -2.56. The number of aromatic hydroxyl groups is 1. The number of hydrogen-bond donors (Lipinski definition) is 2. The summed E-state index contributed by atoms with van der Waals surface area (Å²) in [5.41, 5.74) is 8.09. The molecule has 0 radical (unpaired) electrons. The number of hydrogen-bond acceptors (Lipinski definition) is 4. The van der Waals surface area contributed by atoms with Gasteiger partial charge in [0.2, 0.25) is 0 Å². The number of guanidine groups is 1. The van der Waals surface area contributed by atoms with Crippen LogP contribution in [0.5, 0.6) is 5.75 Å². The number of nitrogens with zero attached hydrogens (tertiary/aromatic N) is 2. The van der Waals surface area contributed by atoms with Gasteiger partial charge in [-0.3, -0.25) is 4.99 Å². The molecule has 0 amide bonds. The molecule has 0 aliphatic carbocycles. The summed E-state index contributed by atoms with van der Waals surface area (Å²) in [5.74, 6) is 0.593. The SMILES string of the molecule is NC1=NC[C@@H](Cc2ccc(O)cc2)N1CCc1cccc(F)c1. The molecular formula is C18H20FN3O. The molecule has 1 heterocycles. The zero-order chi connectivity index (χ0) is 16.2. The highest BCUT2D eigenvalue weighted by Gasteiger charge is 2.25. The summed E-state index contributed by atoms with van der Waals surface area (Å²) in [7, 11) is 0. The van der Waals surface area contributed by atoms with Crippen LogP contribution in [0.25, 0.3) is 0 Å². The molecule has 1 aliphatic heterocycles. The van der Waals surface area contributed by atoms with Crippen molar-refractivity contribution in [3.63, 3.8) is 0 Å². The van der Waals surface area contributed by atoms with Crippen LogP contribution in [0.1, 0.15) is 11.1 Å². The molecular weight excluding hydrogens is 293 g/mol. The summed E-state index contributed by atoms with van der Waals surface area (Å²) in [6.45, 7) is 1.37. The summed E-state index contributed by atoms with van der Waals surface area (Å²) < 4.78 is 13.3. The third kappa shape index (κ3) is 3.80. The van der Waals surface area contributed by atoms with E-state index in [1.54, 1.807) is 24.3 Å². The van der Waals surface area contributed by atoms with Crippen LogP contribution in [0, 0.1) is 5.82 Å². The Morgan fingerprint density at radius 3 is 2.70 bits per heavy atom. The summed E-state index contributed by atoms with van der Waals surface area (Å²) in [5, 5.41) is 9.36. The zero-order valence-electron chi connectivity index (χ0n) is 12.8. The number of benzene rings is 2. The maximum Gasteiger partial charge on any atom is 0.191 e. The van der Waals surface area contributed by atoms with Crippen molar-refractivity contribution in [2.24, 2.45) is 10.7 Å². The van der Waals surface area contributed by atoms with E-state index in [0.717, 1.165) is 24.0 Å². The first kappa shape index (κ1) is 15.3. The lowest BCUT2D eigenvalue weighted by Gasteiger charge is -2.26. The summed E-state index contributed by atoms with van der Waals surface area (Å²) in [6.07, 6.45) is 1.54. The molecule has 4 nitrogen and oxygen atoms in total. The number of phenols is 1. The van der Waals surface area contributed by atoms with Crippen LogP contribution in [0.3, 0.4) is 0 Å². The van der Waals surface area contributed by atoms with Gasteiger partial charge in [0, 0.05) is 6.54 Å². The first-order valence-electron chi connectivity index (χ1n) is 7.71. The van der Waals surface area contributed by atoms with Gasteiger partial charge in [-0.25, -0.2) is 4.39 Å². The maximum atomic E-state index is 13.3. The van der Waals surface area contributed by atoms with Crippen molar-refractivity contribution in [2.75, 3.05) is 13.1 Å². The minimum atomic E-state index is -0.216. The number of aliphatic imine (C=N–C) groups is 1. The van der Waals surface area contributed by atoms with E-state index in [9.17, 15) is 9.50 Å². The smallest absolute Gasteiger partial charge is 0.191 e. The first-order chi connectivity index (χ1) is 11.1. The molecule has 5 heteroatoms. The van der Waals surface area contributed by atoms with Crippen molar-refractivity contribution in [3.8, 4) is 5.75 Å². The molecule has 1 aliphatic rings. The minimum Gasteiger partial charge on any atom is -0.508 e. The van der Waals surface area contributed by atoms with Gasteiger partial charge in [0.15, 0.2) is 5.96 Å². The Kier molecular flexibility index (Phi) is 4.46. The highest BCUT2D eigenvalue weighted by atomic mass is 19.1. The molecule has 1 atom stereocenters. The Bertz CT molecular complexity index is 700. The molecule has 0 spiro atoms. The first-order valence-corrected chi connectivity index (χ1v) is 7.71. The van der Waals surface area contributed by atoms with Crippen molar-refractivity contribution in [1.82, 2.24) is 4.90 Å². The van der Waals surface area contributed by atoms with Gasteiger partial charge in [0.05, 0.1) is 12.6 Å². The average molecular weight is 313 g/mol. The Balaban J connectivity index is 1.63. The van der Waals surface area contributed by atoms with Crippen LogP contribution in [-0.4, -0.2) is 35.1 Å². The fourth-order valence-electron chi connectivity index (χ4n) is 2.89. The van der Waals surface area contributed by atoms with Crippen molar-refractivity contribution < 1.29 is 9.50 Å². The highest BCUT2D eigenvalue weighted by Crippen LogP contribution is 2.17. The predicted molar refractivity (Wildman–Crippen MR) is 88.9 cm³/mol. The second-order valence-corrected chi connectivity index (χ2v) is 5.80. The van der Waals surface area contributed by atoms with E-state index in [2.05, 4.69) is 9.89 Å². The van der Waals surface area contributed by atoms with Gasteiger partial charge < -0.3 is 15.7 Å². The quantitative estimate of drug-likeness (QED) is 0.890. The molecule has 2 aromatic carbocycles. The van der Waals surface area contributed by atoms with Crippen molar-refractivity contribution in [1.29, 1.82) is 0 Å². The molecule has 120 valence electrons. The number of rotatable bonds is 5. The average Bonchev–Trinajstić information content (AvgIpc) is 2.88. The van der Waals surface area contributed by atoms with E-state index < -0.39 is 0 Å². The minimum absolute atomic E-state index is 0.202. The molecule has 0 fully saturated rings. The van der Waals surface area contributed by atoms with Crippen LogP contribution < -0.4 is 5.73 Å². The molecule has 0 saturated carbocycles. The van der Waals surface area contributed by atoms with Crippen LogP contribution in [0.2, 0.25) is 0 Å². The third-order valence-corrected chi connectivity index (χ3v) is 4.14. The van der Waals surface area contributed by atoms with Gasteiger partial charge in [-0.15, -0.1) is 0 Å². The van der Waals surface area contributed by atoms with E-state index in [-0.39, 0.29) is 17.6 Å². The van der Waals surface area contributed by atoms with E-state index >= 15 is 0 Å². The van der Waals surface area contributed by atoms with Crippen LogP contribution in [0.15, 0.2) is 53.5 Å². The third-order valence-electron chi connectivity index (χ3n) is 4.14. The Morgan fingerprint density at radius 2 is 1.96 bits per heavy atom. The second-order valence-electron chi connectivity index (χ2n) is 5.80. The lowest BCUT2D eigenvalue weighted by atomic mass is 10.0. The predicted octanol–water partition coefficient (Wildman–Crippen LogP) is 2.32. The fourth-order valence-corrected chi connectivity index (χ4v) is 2.89. The number of halogens is 1. The molecule has 0 unspecified atom stereocenters. The standard InChI is InChI=1S/C18H20FN3O/c19-15-3-1-2-13(10-15)8-9-22-16(12-21-18(22)20)11-14-4-6-17(23)7-5-14/h1-7,10,16,23H,8-9,11-12H2,(H2,20,21)/t16-/m1/s1. The van der Waals surface area contributed by atoms with E-state index in [1.807, 2.05) is 18.2 Å². The highest BCUT2D eigenvalue weighted by molar-refractivity contribution is 5.80. The normalized spacial score (nSPS) is 17.3.